The van der Waals surface area contributed by atoms with Crippen molar-refractivity contribution in [2.45, 2.75) is 13.8 Å². The van der Waals surface area contributed by atoms with Crippen molar-refractivity contribution in [2.75, 3.05) is 0 Å². The van der Waals surface area contributed by atoms with Crippen molar-refractivity contribution in [1.29, 1.82) is 0 Å². The SMILES string of the molecule is Cc1nc(C)n(-c2ncc(Br)cc2[N+](=O)[O-])n1. The summed E-state index contributed by atoms with van der Waals surface area (Å²) >= 11 is 3.15. The van der Waals surface area contributed by atoms with Crippen LogP contribution in [0.4, 0.5) is 5.69 Å². The number of nitrogens with zero attached hydrogens (tertiary/aromatic N) is 5. The highest BCUT2D eigenvalue weighted by molar-refractivity contribution is 9.10. The normalized spacial score (nSPS) is 10.5. The molecule has 2 aromatic rings. The first-order valence-electron chi connectivity index (χ1n) is 4.69. The summed E-state index contributed by atoms with van der Waals surface area (Å²) in [6, 6.07) is 1.39. The van der Waals surface area contributed by atoms with Crippen molar-refractivity contribution < 1.29 is 4.92 Å². The number of aromatic nitrogens is 4. The molecule has 2 rings (SSSR count). The average molecular weight is 298 g/mol. The third-order valence-corrected chi connectivity index (χ3v) is 2.52. The van der Waals surface area contributed by atoms with Crippen LogP contribution in [0, 0.1) is 24.0 Å². The van der Waals surface area contributed by atoms with Crippen molar-refractivity contribution in [2.24, 2.45) is 0 Å². The van der Waals surface area contributed by atoms with Gasteiger partial charge in [0.05, 0.1) is 4.92 Å². The Bertz CT molecular complexity index is 595. The molecule has 0 unspecified atom stereocenters. The first-order valence-corrected chi connectivity index (χ1v) is 5.49. The van der Waals surface area contributed by atoms with Crippen LogP contribution in [0.1, 0.15) is 11.6 Å². The fourth-order valence-corrected chi connectivity index (χ4v) is 1.76. The molecular weight excluding hydrogens is 290 g/mol. The minimum absolute atomic E-state index is 0.118. The Balaban J connectivity index is 2.67. The Morgan fingerprint density at radius 3 is 2.71 bits per heavy atom. The van der Waals surface area contributed by atoms with Crippen molar-refractivity contribution in [1.82, 2.24) is 19.7 Å². The third kappa shape index (κ3) is 2.16. The molecule has 88 valence electrons. The van der Waals surface area contributed by atoms with E-state index in [-0.39, 0.29) is 11.5 Å². The number of nitro groups is 1. The largest absolute Gasteiger partial charge is 0.314 e. The second kappa shape index (κ2) is 4.21. The van der Waals surface area contributed by atoms with E-state index in [9.17, 15) is 10.1 Å². The zero-order chi connectivity index (χ0) is 12.6. The zero-order valence-corrected chi connectivity index (χ0v) is 10.7. The van der Waals surface area contributed by atoms with Gasteiger partial charge in [0.1, 0.15) is 11.6 Å². The monoisotopic (exact) mass is 297 g/mol. The Labute approximate surface area is 105 Å². The van der Waals surface area contributed by atoms with Gasteiger partial charge in [0.2, 0.25) is 5.82 Å². The van der Waals surface area contributed by atoms with Crippen LogP contribution in [0.3, 0.4) is 0 Å². The van der Waals surface area contributed by atoms with Crippen LogP contribution in [0.2, 0.25) is 0 Å². The molecule has 0 bridgehead atoms. The summed E-state index contributed by atoms with van der Waals surface area (Å²) in [4.78, 5) is 18.6. The molecule has 0 saturated carbocycles. The molecule has 2 aromatic heterocycles. The summed E-state index contributed by atoms with van der Waals surface area (Å²) in [6.07, 6.45) is 1.48. The smallest absolute Gasteiger partial charge is 0.258 e. The topological polar surface area (TPSA) is 86.7 Å². The highest BCUT2D eigenvalue weighted by Crippen LogP contribution is 2.24. The maximum Gasteiger partial charge on any atom is 0.314 e. The maximum absolute atomic E-state index is 10.9. The Hall–Kier alpha value is -1.83. The second-order valence-corrected chi connectivity index (χ2v) is 4.29. The quantitative estimate of drug-likeness (QED) is 0.624. The van der Waals surface area contributed by atoms with Gasteiger partial charge in [0, 0.05) is 16.7 Å². The first-order chi connectivity index (χ1) is 7.99. The standard InChI is InChI=1S/C9H8BrN5O2/c1-5-12-6(2)14(13-5)9-8(15(16)17)3-7(10)4-11-9/h3-4H,1-2H3. The lowest BCUT2D eigenvalue weighted by atomic mass is 10.4. The predicted molar refractivity (Wildman–Crippen MR) is 63.0 cm³/mol. The van der Waals surface area contributed by atoms with Gasteiger partial charge in [-0.05, 0) is 29.8 Å². The van der Waals surface area contributed by atoms with Crippen molar-refractivity contribution in [3.05, 3.63) is 38.5 Å². The number of aryl methyl sites for hydroxylation is 2. The van der Waals surface area contributed by atoms with E-state index < -0.39 is 4.92 Å². The molecule has 0 aromatic carbocycles. The molecule has 0 atom stereocenters. The number of hydrogen-bond donors (Lipinski definition) is 0. The summed E-state index contributed by atoms with van der Waals surface area (Å²) in [6.45, 7) is 3.43. The maximum atomic E-state index is 10.9. The van der Waals surface area contributed by atoms with E-state index in [0.29, 0.717) is 16.1 Å². The fraction of sp³-hybridized carbons (Fsp3) is 0.222. The second-order valence-electron chi connectivity index (χ2n) is 3.37. The van der Waals surface area contributed by atoms with Gasteiger partial charge < -0.3 is 0 Å². The van der Waals surface area contributed by atoms with Gasteiger partial charge in [-0.25, -0.2) is 9.97 Å². The van der Waals surface area contributed by atoms with Crippen LogP contribution >= 0.6 is 15.9 Å². The lowest BCUT2D eigenvalue weighted by Gasteiger charge is -2.03. The molecule has 0 radical (unpaired) electrons. The van der Waals surface area contributed by atoms with Gasteiger partial charge in [-0.3, -0.25) is 10.1 Å². The molecule has 0 aliphatic carbocycles. The van der Waals surface area contributed by atoms with E-state index in [4.69, 9.17) is 0 Å². The van der Waals surface area contributed by atoms with Gasteiger partial charge in [0.25, 0.3) is 0 Å². The van der Waals surface area contributed by atoms with Crippen LogP contribution in [-0.2, 0) is 0 Å². The summed E-state index contributed by atoms with van der Waals surface area (Å²) < 4.78 is 1.90. The molecule has 0 aliphatic heterocycles. The molecule has 0 amide bonds. The van der Waals surface area contributed by atoms with Gasteiger partial charge in [-0.15, -0.1) is 5.10 Å². The van der Waals surface area contributed by atoms with E-state index in [1.807, 2.05) is 0 Å². The van der Waals surface area contributed by atoms with Gasteiger partial charge in [-0.2, -0.15) is 4.68 Å². The minimum atomic E-state index is -0.496. The fourth-order valence-electron chi connectivity index (χ4n) is 1.44. The third-order valence-electron chi connectivity index (χ3n) is 2.09. The summed E-state index contributed by atoms with van der Waals surface area (Å²) in [5.41, 5.74) is -0.118. The zero-order valence-electron chi connectivity index (χ0n) is 9.09. The van der Waals surface area contributed by atoms with Crippen LogP contribution in [0.25, 0.3) is 5.82 Å². The highest BCUT2D eigenvalue weighted by atomic mass is 79.9. The van der Waals surface area contributed by atoms with E-state index >= 15 is 0 Å². The van der Waals surface area contributed by atoms with Crippen LogP contribution < -0.4 is 0 Å². The predicted octanol–water partition coefficient (Wildman–Crippen LogP) is 1.95. The molecule has 0 N–H and O–H groups in total. The van der Waals surface area contributed by atoms with Crippen molar-refractivity contribution >= 4 is 21.6 Å². The molecule has 0 fully saturated rings. The van der Waals surface area contributed by atoms with Gasteiger partial charge in [-0.1, -0.05) is 0 Å². The lowest BCUT2D eigenvalue weighted by Crippen LogP contribution is -2.06. The summed E-state index contributed by atoms with van der Waals surface area (Å²) in [5.74, 6) is 1.26. The molecule has 17 heavy (non-hydrogen) atoms. The molecule has 0 spiro atoms. The van der Waals surface area contributed by atoms with Crippen LogP contribution in [0.15, 0.2) is 16.7 Å². The number of hydrogen-bond acceptors (Lipinski definition) is 5. The molecule has 8 heteroatoms. The number of halogens is 1. The van der Waals surface area contributed by atoms with E-state index in [1.54, 1.807) is 13.8 Å². The van der Waals surface area contributed by atoms with Crippen LogP contribution in [-0.4, -0.2) is 24.7 Å². The first kappa shape index (κ1) is 11.6. The molecule has 2 heterocycles. The summed E-state index contributed by atoms with van der Waals surface area (Å²) in [5, 5.41) is 15.0. The highest BCUT2D eigenvalue weighted by Gasteiger charge is 2.20. The van der Waals surface area contributed by atoms with E-state index in [1.165, 1.54) is 16.9 Å². The van der Waals surface area contributed by atoms with Gasteiger partial charge >= 0.3 is 5.69 Å². The number of rotatable bonds is 2. The summed E-state index contributed by atoms with van der Waals surface area (Å²) in [7, 11) is 0. The van der Waals surface area contributed by atoms with E-state index in [0.717, 1.165) is 0 Å². The average Bonchev–Trinajstić information content (AvgIpc) is 2.57. The molecule has 0 aliphatic rings. The number of pyridine rings is 1. The Morgan fingerprint density at radius 2 is 2.18 bits per heavy atom. The van der Waals surface area contributed by atoms with Crippen molar-refractivity contribution in [3.8, 4) is 5.82 Å². The van der Waals surface area contributed by atoms with E-state index in [2.05, 4.69) is 31.0 Å². The Morgan fingerprint density at radius 1 is 1.47 bits per heavy atom. The lowest BCUT2D eigenvalue weighted by molar-refractivity contribution is -0.385. The minimum Gasteiger partial charge on any atom is -0.258 e. The molecule has 7 nitrogen and oxygen atoms in total. The van der Waals surface area contributed by atoms with Gasteiger partial charge in [0.15, 0.2) is 0 Å². The Kier molecular flexibility index (Phi) is 2.88. The van der Waals surface area contributed by atoms with Crippen molar-refractivity contribution in [3.63, 3.8) is 0 Å². The van der Waals surface area contributed by atoms with Crippen LogP contribution in [0.5, 0.6) is 0 Å². The molecule has 0 saturated heterocycles. The molecular formula is C9H8BrN5O2.